The van der Waals surface area contributed by atoms with Gasteiger partial charge in [-0.25, -0.2) is 0 Å². The molecule has 0 unspecified atom stereocenters. The molecule has 0 aromatic heterocycles. The van der Waals surface area contributed by atoms with Gasteiger partial charge in [0.05, 0.1) is 0 Å². The Balaban J connectivity index is 2.53. The second-order valence-electron chi connectivity index (χ2n) is 3.67. The van der Waals surface area contributed by atoms with Gasteiger partial charge >= 0.3 is 6.36 Å². The summed E-state index contributed by atoms with van der Waals surface area (Å²) >= 11 is 11.8. The first-order chi connectivity index (χ1) is 8.87. The number of para-hydroxylation sites is 1. The maximum absolute atomic E-state index is 12.3. The molecule has 2 aromatic rings. The van der Waals surface area contributed by atoms with Crippen LogP contribution in [0.3, 0.4) is 0 Å². The molecule has 0 fully saturated rings. The van der Waals surface area contributed by atoms with E-state index in [0.29, 0.717) is 15.6 Å². The van der Waals surface area contributed by atoms with Gasteiger partial charge in [0.1, 0.15) is 5.75 Å². The van der Waals surface area contributed by atoms with Gasteiger partial charge in [0.2, 0.25) is 0 Å². The van der Waals surface area contributed by atoms with Gasteiger partial charge in [-0.1, -0.05) is 41.4 Å². The monoisotopic (exact) mass is 306 g/mol. The number of benzene rings is 2. The minimum Gasteiger partial charge on any atom is -0.405 e. The standard InChI is InChI=1S/C13H7Cl2F3O/c14-8-5-6-11(15)10(7-8)9-3-1-2-4-12(9)19-13(16,17)18/h1-7H. The Labute approximate surface area is 117 Å². The molecule has 0 saturated heterocycles. The van der Waals surface area contributed by atoms with E-state index in [0.717, 1.165) is 0 Å². The highest BCUT2D eigenvalue weighted by Gasteiger charge is 2.32. The number of alkyl halides is 3. The zero-order valence-electron chi connectivity index (χ0n) is 9.34. The number of ether oxygens (including phenoxy) is 1. The highest BCUT2D eigenvalue weighted by Crippen LogP contribution is 2.38. The van der Waals surface area contributed by atoms with Crippen LogP contribution in [0.4, 0.5) is 13.2 Å². The summed E-state index contributed by atoms with van der Waals surface area (Å²) in [7, 11) is 0. The molecule has 0 spiro atoms. The molecule has 0 aliphatic carbocycles. The zero-order chi connectivity index (χ0) is 14.0. The Morgan fingerprint density at radius 2 is 1.58 bits per heavy atom. The fourth-order valence-electron chi connectivity index (χ4n) is 1.61. The van der Waals surface area contributed by atoms with Crippen LogP contribution in [-0.2, 0) is 0 Å². The van der Waals surface area contributed by atoms with E-state index < -0.39 is 6.36 Å². The summed E-state index contributed by atoms with van der Waals surface area (Å²) < 4.78 is 41.0. The summed E-state index contributed by atoms with van der Waals surface area (Å²) in [4.78, 5) is 0. The molecule has 2 aromatic carbocycles. The van der Waals surface area contributed by atoms with Crippen molar-refractivity contribution in [2.75, 3.05) is 0 Å². The molecule has 0 amide bonds. The minimum atomic E-state index is -4.76. The Bertz CT molecular complexity index is 597. The molecular formula is C13H7Cl2F3O. The molecule has 1 nitrogen and oxygen atoms in total. The fourth-order valence-corrected chi connectivity index (χ4v) is 2.00. The van der Waals surface area contributed by atoms with Crippen molar-refractivity contribution in [3.63, 3.8) is 0 Å². The van der Waals surface area contributed by atoms with Crippen LogP contribution in [0, 0.1) is 0 Å². The first-order valence-electron chi connectivity index (χ1n) is 5.17. The predicted octanol–water partition coefficient (Wildman–Crippen LogP) is 5.56. The Kier molecular flexibility index (Phi) is 3.92. The molecule has 6 heteroatoms. The van der Waals surface area contributed by atoms with Gasteiger partial charge in [-0.3, -0.25) is 0 Å². The normalized spacial score (nSPS) is 11.4. The Morgan fingerprint density at radius 3 is 2.26 bits per heavy atom. The van der Waals surface area contributed by atoms with Gasteiger partial charge in [-0.05, 0) is 24.3 Å². The van der Waals surface area contributed by atoms with Crippen LogP contribution in [0.15, 0.2) is 42.5 Å². The van der Waals surface area contributed by atoms with E-state index in [1.54, 1.807) is 12.1 Å². The third-order valence-corrected chi connectivity index (χ3v) is 2.90. The van der Waals surface area contributed by atoms with Crippen molar-refractivity contribution in [1.82, 2.24) is 0 Å². The second-order valence-corrected chi connectivity index (χ2v) is 4.51. The quantitative estimate of drug-likeness (QED) is 0.706. The van der Waals surface area contributed by atoms with Crippen molar-refractivity contribution in [2.24, 2.45) is 0 Å². The van der Waals surface area contributed by atoms with E-state index >= 15 is 0 Å². The predicted molar refractivity (Wildman–Crippen MR) is 68.6 cm³/mol. The van der Waals surface area contributed by atoms with Crippen LogP contribution in [0.25, 0.3) is 11.1 Å². The fraction of sp³-hybridized carbons (Fsp3) is 0.0769. The van der Waals surface area contributed by atoms with E-state index in [-0.39, 0.29) is 11.3 Å². The van der Waals surface area contributed by atoms with Crippen LogP contribution >= 0.6 is 23.2 Å². The highest BCUT2D eigenvalue weighted by atomic mass is 35.5. The molecule has 100 valence electrons. The maximum atomic E-state index is 12.3. The molecule has 0 atom stereocenters. The van der Waals surface area contributed by atoms with Crippen LogP contribution in [0.2, 0.25) is 10.0 Å². The van der Waals surface area contributed by atoms with Crippen molar-refractivity contribution in [3.8, 4) is 16.9 Å². The van der Waals surface area contributed by atoms with Crippen LogP contribution in [0.1, 0.15) is 0 Å². The van der Waals surface area contributed by atoms with Crippen LogP contribution in [-0.4, -0.2) is 6.36 Å². The van der Waals surface area contributed by atoms with Gasteiger partial charge in [0.25, 0.3) is 0 Å². The topological polar surface area (TPSA) is 9.23 Å². The average molecular weight is 307 g/mol. The lowest BCUT2D eigenvalue weighted by Gasteiger charge is -2.14. The molecule has 2 rings (SSSR count). The van der Waals surface area contributed by atoms with Crippen LogP contribution in [0.5, 0.6) is 5.75 Å². The summed E-state index contributed by atoms with van der Waals surface area (Å²) in [5.74, 6) is -0.320. The van der Waals surface area contributed by atoms with Crippen LogP contribution < -0.4 is 4.74 Å². The first kappa shape index (κ1) is 14.0. The van der Waals surface area contributed by atoms with Crippen molar-refractivity contribution < 1.29 is 17.9 Å². The SMILES string of the molecule is FC(F)(F)Oc1ccccc1-c1cc(Cl)ccc1Cl. The van der Waals surface area contributed by atoms with Gasteiger partial charge in [0, 0.05) is 21.2 Å². The van der Waals surface area contributed by atoms with E-state index in [4.69, 9.17) is 23.2 Å². The lowest BCUT2D eigenvalue weighted by molar-refractivity contribution is -0.274. The summed E-state index contributed by atoms with van der Waals surface area (Å²) in [5.41, 5.74) is 0.612. The number of hydrogen-bond donors (Lipinski definition) is 0. The van der Waals surface area contributed by atoms with E-state index in [1.807, 2.05) is 0 Å². The van der Waals surface area contributed by atoms with Gasteiger partial charge in [0.15, 0.2) is 0 Å². The summed E-state index contributed by atoms with van der Waals surface area (Å²) in [5, 5.41) is 0.670. The van der Waals surface area contributed by atoms with Crippen molar-refractivity contribution in [2.45, 2.75) is 6.36 Å². The Morgan fingerprint density at radius 1 is 0.895 bits per heavy atom. The molecule has 0 N–H and O–H groups in total. The molecular weight excluding hydrogens is 300 g/mol. The summed E-state index contributed by atoms with van der Waals surface area (Å²) in [6.07, 6.45) is -4.76. The first-order valence-corrected chi connectivity index (χ1v) is 5.92. The largest absolute Gasteiger partial charge is 0.573 e. The molecule has 0 heterocycles. The van der Waals surface area contributed by atoms with Crippen molar-refractivity contribution in [1.29, 1.82) is 0 Å². The smallest absolute Gasteiger partial charge is 0.405 e. The van der Waals surface area contributed by atoms with Gasteiger partial charge in [-0.15, -0.1) is 13.2 Å². The summed E-state index contributed by atoms with van der Waals surface area (Å²) in [6, 6.07) is 10.3. The van der Waals surface area contributed by atoms with Crippen molar-refractivity contribution >= 4 is 23.2 Å². The second kappa shape index (κ2) is 5.31. The average Bonchev–Trinajstić information content (AvgIpc) is 2.31. The van der Waals surface area contributed by atoms with E-state index in [2.05, 4.69) is 4.74 Å². The lowest BCUT2D eigenvalue weighted by atomic mass is 10.0. The molecule has 0 aliphatic rings. The number of rotatable bonds is 2. The third kappa shape index (κ3) is 3.55. The molecule has 0 bridgehead atoms. The minimum absolute atomic E-state index is 0.229. The van der Waals surface area contributed by atoms with E-state index in [9.17, 15) is 13.2 Å². The molecule has 19 heavy (non-hydrogen) atoms. The Hall–Kier alpha value is -1.39. The highest BCUT2D eigenvalue weighted by molar-refractivity contribution is 6.35. The number of halogens is 5. The van der Waals surface area contributed by atoms with Gasteiger partial charge in [-0.2, -0.15) is 0 Å². The van der Waals surface area contributed by atoms with Crippen molar-refractivity contribution in [3.05, 3.63) is 52.5 Å². The number of hydrogen-bond acceptors (Lipinski definition) is 1. The lowest BCUT2D eigenvalue weighted by Crippen LogP contribution is -2.17. The maximum Gasteiger partial charge on any atom is 0.573 e. The van der Waals surface area contributed by atoms with Gasteiger partial charge < -0.3 is 4.74 Å². The molecule has 0 saturated carbocycles. The molecule has 0 aliphatic heterocycles. The zero-order valence-corrected chi connectivity index (χ0v) is 10.9. The van der Waals surface area contributed by atoms with E-state index in [1.165, 1.54) is 30.3 Å². The third-order valence-electron chi connectivity index (χ3n) is 2.33. The summed E-state index contributed by atoms with van der Waals surface area (Å²) in [6.45, 7) is 0. The molecule has 0 radical (unpaired) electrons.